The van der Waals surface area contributed by atoms with Crippen LogP contribution in [-0.4, -0.2) is 113 Å². The minimum atomic E-state index is 0.676. The van der Waals surface area contributed by atoms with E-state index in [1.807, 2.05) is 146 Å². The maximum absolute atomic E-state index is 4.46. The molecular weight excluding hydrogens is 983 g/mol. The molecule has 26 nitrogen and oxygen atoms in total. The number of H-pyrrole nitrogens is 2. The number of hydrogen-bond donors (Lipinski definition) is 2. The molecule has 12 rings (SSSR count). The summed E-state index contributed by atoms with van der Waals surface area (Å²) in [5.74, 6) is 2.39. The lowest BCUT2D eigenvalue weighted by Crippen LogP contribution is -1.83. The van der Waals surface area contributed by atoms with Crippen LogP contribution in [-0.2, 0) is 28.2 Å². The van der Waals surface area contributed by atoms with Crippen molar-refractivity contribution < 1.29 is 13.6 Å². The molecule has 0 aliphatic carbocycles. The van der Waals surface area contributed by atoms with Crippen LogP contribution in [0.2, 0.25) is 0 Å². The monoisotopic (exact) mass is 1040 g/mol. The van der Waals surface area contributed by atoms with E-state index in [2.05, 4.69) is 108 Å². The van der Waals surface area contributed by atoms with Crippen molar-refractivity contribution in [2.75, 3.05) is 0 Å². The van der Waals surface area contributed by atoms with Crippen molar-refractivity contribution in [2.24, 2.45) is 28.2 Å². The molecule has 0 bridgehead atoms. The minimum absolute atomic E-state index is 0.676. The average Bonchev–Trinajstić information content (AvgIpc) is 4.18. The summed E-state index contributed by atoms with van der Waals surface area (Å²) in [6.07, 6.45) is 29.1. The number of aromatic nitrogens is 23. The van der Waals surface area contributed by atoms with Gasteiger partial charge in [0.1, 0.15) is 54.4 Å². The van der Waals surface area contributed by atoms with E-state index in [1.165, 1.54) is 59.1 Å². The second-order valence-electron chi connectivity index (χ2n) is 13.6. The normalized spacial score (nSPS) is 8.83. The van der Waals surface area contributed by atoms with E-state index >= 15 is 0 Å². The highest BCUT2D eigenvalue weighted by Gasteiger charge is 1.82. The number of rotatable bonds is 0. The highest BCUT2D eigenvalue weighted by atomic mass is 32.1. The lowest BCUT2D eigenvalue weighted by atomic mass is 10.4. The van der Waals surface area contributed by atoms with Crippen LogP contribution < -0.4 is 0 Å². The van der Waals surface area contributed by atoms with Crippen molar-refractivity contribution in [3.8, 4) is 0 Å². The number of imidazole rings is 2. The maximum Gasteiger partial charge on any atom is 0.213 e. The third kappa shape index (κ3) is 39.4. The van der Waals surface area contributed by atoms with Crippen LogP contribution in [0.1, 0.15) is 45.7 Å². The van der Waals surface area contributed by atoms with Crippen LogP contribution in [0.15, 0.2) is 154 Å². The predicted octanol–water partition coefficient (Wildman–Crippen LogP) is 7.40. The largest absolute Gasteiger partial charge is 0.365 e. The highest BCUT2D eigenvalue weighted by Crippen LogP contribution is 1.96. The van der Waals surface area contributed by atoms with E-state index in [4.69, 9.17) is 0 Å². The number of aromatic amines is 2. The predicted molar refractivity (Wildman–Crippen MR) is 273 cm³/mol. The van der Waals surface area contributed by atoms with Crippen molar-refractivity contribution in [2.45, 2.75) is 55.4 Å². The summed E-state index contributed by atoms with van der Waals surface area (Å²) in [5.41, 5.74) is 6.95. The van der Waals surface area contributed by atoms with Gasteiger partial charge in [0.2, 0.25) is 6.39 Å². The van der Waals surface area contributed by atoms with Crippen LogP contribution in [0.5, 0.6) is 0 Å². The smallest absolute Gasteiger partial charge is 0.213 e. The Morgan fingerprint density at radius 3 is 1.56 bits per heavy atom. The molecule has 29 heteroatoms. The molecule has 12 heterocycles. The number of hydrogen-bond acceptors (Lipinski definition) is 23. The van der Waals surface area contributed by atoms with Gasteiger partial charge in [-0.05, 0) is 114 Å². The molecule has 12 aromatic rings. The zero-order valence-corrected chi connectivity index (χ0v) is 44.6. The molecule has 0 aliphatic heterocycles. The Kier molecular flexibility index (Phi) is 35.3. The fourth-order valence-electron chi connectivity index (χ4n) is 3.32. The first-order chi connectivity index (χ1) is 34.7. The molecular formula is C43H61N23O3S3. The third-order valence-electron chi connectivity index (χ3n) is 6.72. The van der Waals surface area contributed by atoms with E-state index in [9.17, 15) is 0 Å². The Morgan fingerprint density at radius 2 is 1.39 bits per heavy atom. The topological polar surface area (TPSA) is 310 Å². The lowest BCUT2D eigenvalue weighted by molar-refractivity contribution is 0.392. The first kappa shape index (κ1) is 61.4. The Bertz CT molecular complexity index is 2030. The van der Waals surface area contributed by atoms with Gasteiger partial charge in [-0.3, -0.25) is 9.78 Å². The summed E-state index contributed by atoms with van der Waals surface area (Å²) >= 11 is 4.25. The molecule has 0 amide bonds. The molecule has 72 heavy (non-hydrogen) atoms. The molecule has 0 fully saturated rings. The average molecular weight is 1040 g/mol. The Morgan fingerprint density at radius 1 is 0.611 bits per heavy atom. The summed E-state index contributed by atoms with van der Waals surface area (Å²) in [6.45, 7) is 15.2. The van der Waals surface area contributed by atoms with Crippen LogP contribution in [0.3, 0.4) is 0 Å². The number of nitrogens with one attached hydrogen (secondary N) is 2. The maximum atomic E-state index is 4.46. The van der Waals surface area contributed by atoms with E-state index in [0.29, 0.717) is 5.82 Å². The van der Waals surface area contributed by atoms with E-state index in [-0.39, 0.29) is 0 Å². The van der Waals surface area contributed by atoms with E-state index < -0.39 is 0 Å². The Labute approximate surface area is 429 Å². The van der Waals surface area contributed by atoms with Gasteiger partial charge >= 0.3 is 0 Å². The zero-order chi connectivity index (χ0) is 52.9. The SMILES string of the molecule is Cc1cnc[nH]1.Cc1cnoc1.Cc1cnsc1.Cc1conn1.Cc1csnn1.Cc1ncn[nH]1.Cc1ncon1.Cc1ncsn1.Cn1cccc1.Cn1cccn1.Cn1ccnc1.Cn1cnnc1. The van der Waals surface area contributed by atoms with E-state index in [1.54, 1.807) is 78.0 Å². The molecule has 0 atom stereocenters. The quantitative estimate of drug-likeness (QED) is 0.149. The van der Waals surface area contributed by atoms with Gasteiger partial charge in [-0.25, -0.2) is 24.3 Å². The van der Waals surface area contributed by atoms with Gasteiger partial charge in [0.15, 0.2) is 5.82 Å². The molecule has 0 radical (unpaired) electrons. The minimum Gasteiger partial charge on any atom is -0.365 e. The van der Waals surface area contributed by atoms with Crippen molar-refractivity contribution >= 4 is 34.6 Å². The van der Waals surface area contributed by atoms with Crippen LogP contribution in [0.4, 0.5) is 0 Å². The first-order valence-corrected chi connectivity index (χ1v) is 23.4. The summed E-state index contributed by atoms with van der Waals surface area (Å²) in [6, 6.07) is 5.89. The summed E-state index contributed by atoms with van der Waals surface area (Å²) < 4.78 is 31.9. The molecule has 0 spiro atoms. The molecule has 0 saturated carbocycles. The van der Waals surface area contributed by atoms with E-state index in [0.717, 1.165) is 34.3 Å². The highest BCUT2D eigenvalue weighted by molar-refractivity contribution is 7.03. The first-order valence-electron chi connectivity index (χ1n) is 20.9. The van der Waals surface area contributed by atoms with Gasteiger partial charge in [-0.1, -0.05) is 14.8 Å². The molecule has 0 aromatic carbocycles. The fourth-order valence-corrected chi connectivity index (χ4v) is 4.70. The van der Waals surface area contributed by atoms with Gasteiger partial charge in [-0.15, -0.1) is 20.4 Å². The second-order valence-corrected chi connectivity index (χ2v) is 15.5. The van der Waals surface area contributed by atoms with Crippen molar-refractivity contribution in [3.63, 3.8) is 0 Å². The third-order valence-corrected chi connectivity index (χ3v) is 8.62. The van der Waals surface area contributed by atoms with Gasteiger partial charge in [0.05, 0.1) is 24.5 Å². The Balaban J connectivity index is 0.000000393. The van der Waals surface area contributed by atoms with Gasteiger partial charge < -0.3 is 32.3 Å². The van der Waals surface area contributed by atoms with Gasteiger partial charge in [-0.2, -0.15) is 19.6 Å². The van der Waals surface area contributed by atoms with Crippen molar-refractivity contribution in [3.05, 3.63) is 186 Å². The van der Waals surface area contributed by atoms with Gasteiger partial charge in [0, 0.05) is 105 Å². The van der Waals surface area contributed by atoms with Crippen molar-refractivity contribution in [1.82, 2.24) is 113 Å². The molecule has 384 valence electrons. The van der Waals surface area contributed by atoms with Crippen molar-refractivity contribution in [1.29, 1.82) is 0 Å². The fraction of sp³-hybridized carbons (Fsp3) is 0.279. The molecule has 0 unspecified atom stereocenters. The molecule has 12 aromatic heterocycles. The van der Waals surface area contributed by atoms with Crippen LogP contribution in [0, 0.1) is 55.4 Å². The molecule has 2 N–H and O–H groups in total. The number of nitrogens with zero attached hydrogens (tertiary/aromatic N) is 21. The van der Waals surface area contributed by atoms with Crippen LogP contribution in [0.25, 0.3) is 0 Å². The second kappa shape index (κ2) is 41.4. The lowest BCUT2D eigenvalue weighted by Gasteiger charge is -1.79. The van der Waals surface area contributed by atoms with Crippen LogP contribution >= 0.6 is 34.6 Å². The summed E-state index contributed by atoms with van der Waals surface area (Å²) in [7, 11) is 7.70. The molecule has 0 saturated heterocycles. The molecule has 0 aliphatic rings. The number of aryl methyl sites for hydroxylation is 12. The summed E-state index contributed by atoms with van der Waals surface area (Å²) in [5, 5.41) is 38.3. The standard InChI is InChI=1S/C5H7N.3C4H6N2.C4H5NO.C4H5NS.2C3H5N3.2C3H4N2O.2C3H4N2S/c1-6-4-2-3-5-6;1-4-2-5-3-6-4;1-6-3-2-5-4-6;1-6-4-2-3-5-6;2*1-4-2-5-6-3-4;1-6-2-4-5-3-6;1-3-4-2-5-6-3;1-3-4-2-6-5-3;1-3-2-6-5-4-3;1-3-4-2-6-5-3;1-3-2-6-5-4-3/h2-5H,1H3;2-3H,1H3,(H,5,6);2*2-4H,1H3;3*2-3H,1H3;2H,1H3,(H,4,5,6);4*2H,1H3. The summed E-state index contributed by atoms with van der Waals surface area (Å²) in [4.78, 5) is 21.7. The zero-order valence-electron chi connectivity index (χ0n) is 42.1. The van der Waals surface area contributed by atoms with Gasteiger partial charge in [0.25, 0.3) is 0 Å². The Hall–Kier alpha value is -8.57.